The maximum atomic E-state index is 12.9. The van der Waals surface area contributed by atoms with Gasteiger partial charge in [0.2, 0.25) is 0 Å². The molecule has 7 heteroatoms. The third kappa shape index (κ3) is 3.09. The normalized spacial score (nSPS) is 25.0. The molecule has 24 heavy (non-hydrogen) atoms. The van der Waals surface area contributed by atoms with Crippen LogP contribution in [0.15, 0.2) is 24.3 Å². The fraction of sp³-hybridized carbons (Fsp3) is 0.529. The van der Waals surface area contributed by atoms with Crippen LogP contribution in [0.4, 0.5) is 4.79 Å². The van der Waals surface area contributed by atoms with Crippen LogP contribution < -0.4 is 10.1 Å². The van der Waals surface area contributed by atoms with Crippen molar-refractivity contribution in [1.82, 2.24) is 15.1 Å². The van der Waals surface area contributed by atoms with Gasteiger partial charge in [0, 0.05) is 13.1 Å². The lowest BCUT2D eigenvalue weighted by molar-refractivity contribution is -0.133. The third-order valence-electron chi connectivity index (χ3n) is 4.46. The summed E-state index contributed by atoms with van der Waals surface area (Å²) in [5, 5.41) is 2.83. The summed E-state index contributed by atoms with van der Waals surface area (Å²) in [4.78, 5) is 28.5. The van der Waals surface area contributed by atoms with Gasteiger partial charge in [0.05, 0.1) is 26.5 Å². The Morgan fingerprint density at radius 1 is 1.21 bits per heavy atom. The van der Waals surface area contributed by atoms with Gasteiger partial charge in [0.1, 0.15) is 11.3 Å². The van der Waals surface area contributed by atoms with Crippen molar-refractivity contribution in [3.8, 4) is 5.75 Å². The van der Waals surface area contributed by atoms with E-state index in [1.54, 1.807) is 6.92 Å². The average molecular weight is 333 g/mol. The van der Waals surface area contributed by atoms with Crippen LogP contribution in [0.1, 0.15) is 19.4 Å². The predicted octanol–water partition coefficient (Wildman–Crippen LogP) is 1.14. The predicted molar refractivity (Wildman–Crippen MR) is 87.6 cm³/mol. The number of carbonyl (C=O) groups is 2. The zero-order valence-corrected chi connectivity index (χ0v) is 14.1. The summed E-state index contributed by atoms with van der Waals surface area (Å²) in [5.41, 5.74) is -0.303. The van der Waals surface area contributed by atoms with Crippen molar-refractivity contribution >= 4 is 11.9 Å². The van der Waals surface area contributed by atoms with Crippen LogP contribution >= 0.6 is 0 Å². The number of morpholine rings is 1. The molecule has 0 unspecified atom stereocenters. The number of rotatable bonds is 5. The van der Waals surface area contributed by atoms with Gasteiger partial charge in [-0.25, -0.2) is 9.69 Å². The minimum Gasteiger partial charge on any atom is -0.494 e. The Balaban J connectivity index is 1.75. The van der Waals surface area contributed by atoms with E-state index in [0.717, 1.165) is 24.4 Å². The molecule has 2 aliphatic rings. The fourth-order valence-corrected chi connectivity index (χ4v) is 3.01. The molecule has 1 aromatic carbocycles. The van der Waals surface area contributed by atoms with Gasteiger partial charge in [-0.1, -0.05) is 12.1 Å². The highest BCUT2D eigenvalue weighted by Gasteiger charge is 2.49. The highest BCUT2D eigenvalue weighted by atomic mass is 16.5. The number of ether oxygens (including phenoxy) is 2. The zero-order chi connectivity index (χ0) is 17.2. The molecule has 0 radical (unpaired) electrons. The first-order valence-electron chi connectivity index (χ1n) is 8.22. The molecule has 2 heterocycles. The maximum absolute atomic E-state index is 12.9. The highest BCUT2D eigenvalue weighted by Crippen LogP contribution is 2.30. The van der Waals surface area contributed by atoms with Gasteiger partial charge in [-0.15, -0.1) is 0 Å². The first kappa shape index (κ1) is 16.7. The van der Waals surface area contributed by atoms with Crippen LogP contribution in [0.2, 0.25) is 0 Å². The molecule has 0 spiro atoms. The number of urea groups is 1. The topological polar surface area (TPSA) is 71.1 Å². The van der Waals surface area contributed by atoms with Gasteiger partial charge in [0.25, 0.3) is 5.91 Å². The van der Waals surface area contributed by atoms with E-state index in [1.165, 1.54) is 4.90 Å². The van der Waals surface area contributed by atoms with Crippen molar-refractivity contribution in [2.24, 2.45) is 0 Å². The first-order chi connectivity index (χ1) is 11.5. The molecule has 1 atom stereocenters. The number of imide groups is 1. The largest absolute Gasteiger partial charge is 0.494 e. The zero-order valence-electron chi connectivity index (χ0n) is 14.1. The summed E-state index contributed by atoms with van der Waals surface area (Å²) >= 11 is 0. The number of hydrogen-bond acceptors (Lipinski definition) is 5. The molecule has 130 valence electrons. The second-order valence-electron chi connectivity index (χ2n) is 6.12. The van der Waals surface area contributed by atoms with Crippen molar-refractivity contribution in [3.05, 3.63) is 29.8 Å². The summed E-state index contributed by atoms with van der Waals surface area (Å²) < 4.78 is 10.7. The van der Waals surface area contributed by atoms with Crippen LogP contribution in [-0.4, -0.2) is 61.3 Å². The molecule has 2 aliphatic heterocycles. The van der Waals surface area contributed by atoms with Crippen molar-refractivity contribution in [2.75, 3.05) is 39.6 Å². The Bertz CT molecular complexity index is 613. The first-order valence-corrected chi connectivity index (χ1v) is 8.22. The summed E-state index contributed by atoms with van der Waals surface area (Å²) in [6.07, 6.45) is 0. The Labute approximate surface area is 141 Å². The van der Waals surface area contributed by atoms with Gasteiger partial charge < -0.3 is 14.8 Å². The van der Waals surface area contributed by atoms with E-state index in [1.807, 2.05) is 36.1 Å². The minimum atomic E-state index is -1.05. The molecular formula is C17H23N3O4. The average Bonchev–Trinajstić information content (AvgIpc) is 2.81. The minimum absolute atomic E-state index is 0.233. The molecule has 0 bridgehead atoms. The second kappa shape index (κ2) is 6.78. The quantitative estimate of drug-likeness (QED) is 0.818. The van der Waals surface area contributed by atoms with E-state index >= 15 is 0 Å². The Kier molecular flexibility index (Phi) is 4.73. The number of hydrogen-bond donors (Lipinski definition) is 1. The molecule has 0 aliphatic carbocycles. The molecule has 1 N–H and O–H groups in total. The molecule has 0 aromatic heterocycles. The van der Waals surface area contributed by atoms with Crippen LogP contribution in [0.5, 0.6) is 5.75 Å². The highest BCUT2D eigenvalue weighted by molar-refractivity contribution is 6.07. The van der Waals surface area contributed by atoms with Crippen LogP contribution in [-0.2, 0) is 15.1 Å². The second-order valence-corrected chi connectivity index (χ2v) is 6.12. The Morgan fingerprint density at radius 3 is 2.50 bits per heavy atom. The van der Waals surface area contributed by atoms with E-state index in [-0.39, 0.29) is 11.9 Å². The monoisotopic (exact) mass is 333 g/mol. The molecule has 0 saturated carbocycles. The molecule has 3 amide bonds. The van der Waals surface area contributed by atoms with Crippen molar-refractivity contribution < 1.29 is 19.1 Å². The van der Waals surface area contributed by atoms with Crippen molar-refractivity contribution in [3.63, 3.8) is 0 Å². The molecule has 2 fully saturated rings. The summed E-state index contributed by atoms with van der Waals surface area (Å²) in [5.74, 6) is 0.509. The van der Waals surface area contributed by atoms with Crippen LogP contribution in [0.25, 0.3) is 0 Å². The number of carbonyl (C=O) groups excluding carboxylic acids is 2. The van der Waals surface area contributed by atoms with Crippen molar-refractivity contribution in [1.29, 1.82) is 0 Å². The van der Waals surface area contributed by atoms with E-state index in [0.29, 0.717) is 26.5 Å². The molecule has 3 rings (SSSR count). The van der Waals surface area contributed by atoms with Crippen LogP contribution in [0, 0.1) is 0 Å². The molecule has 1 aromatic rings. The van der Waals surface area contributed by atoms with Crippen molar-refractivity contribution in [2.45, 2.75) is 19.4 Å². The SMILES string of the molecule is CCOc1ccc([C@@]2(C)NC(=O)N(CN3CCOCC3)C2=O)cc1. The summed E-state index contributed by atoms with van der Waals surface area (Å²) in [6, 6.07) is 6.91. The fourth-order valence-electron chi connectivity index (χ4n) is 3.01. The van der Waals surface area contributed by atoms with E-state index in [4.69, 9.17) is 9.47 Å². The Morgan fingerprint density at radius 2 is 1.88 bits per heavy atom. The number of benzene rings is 1. The lowest BCUT2D eigenvalue weighted by atomic mass is 9.92. The van der Waals surface area contributed by atoms with Gasteiger partial charge in [-0.05, 0) is 31.5 Å². The standard InChI is InChI=1S/C17H23N3O4/c1-3-24-14-6-4-13(5-7-14)17(2)15(21)20(16(22)18-17)12-19-8-10-23-11-9-19/h4-7H,3,8-12H2,1-2H3,(H,18,22)/t17-/m1/s1. The van der Waals surface area contributed by atoms with E-state index in [9.17, 15) is 9.59 Å². The summed E-state index contributed by atoms with van der Waals surface area (Å²) in [6.45, 7) is 7.22. The van der Waals surface area contributed by atoms with E-state index in [2.05, 4.69) is 5.32 Å². The number of nitrogens with one attached hydrogen (secondary N) is 1. The smallest absolute Gasteiger partial charge is 0.326 e. The molecule has 7 nitrogen and oxygen atoms in total. The lowest BCUT2D eigenvalue weighted by Crippen LogP contribution is -2.47. The van der Waals surface area contributed by atoms with Gasteiger partial charge >= 0.3 is 6.03 Å². The number of amides is 3. The van der Waals surface area contributed by atoms with Gasteiger partial charge in [-0.2, -0.15) is 0 Å². The number of nitrogens with zero attached hydrogens (tertiary/aromatic N) is 2. The molecule has 2 saturated heterocycles. The van der Waals surface area contributed by atoms with E-state index < -0.39 is 5.54 Å². The molecular weight excluding hydrogens is 310 g/mol. The van der Waals surface area contributed by atoms with Gasteiger partial charge in [0.15, 0.2) is 0 Å². The van der Waals surface area contributed by atoms with Gasteiger partial charge in [-0.3, -0.25) is 9.69 Å². The van der Waals surface area contributed by atoms with Crippen LogP contribution in [0.3, 0.4) is 0 Å². The maximum Gasteiger partial charge on any atom is 0.326 e. The summed E-state index contributed by atoms with van der Waals surface area (Å²) in [7, 11) is 0. The third-order valence-corrected chi connectivity index (χ3v) is 4.46. The Hall–Kier alpha value is -2.12. The lowest BCUT2D eigenvalue weighted by Gasteiger charge is -2.30.